The molecule has 0 saturated carbocycles. The van der Waals surface area contributed by atoms with E-state index >= 15 is 0 Å². The lowest BCUT2D eigenvalue weighted by molar-refractivity contribution is 0.497. The molecule has 0 amide bonds. The standard InChI is InChI=1S/C55H36N6/c1-3-16-36(17-4-1)57-45-30-28-37(34-40(45)41-35-38(29-31-46(41)57)61-47-22-9-6-19-42(47)55(61)32-13-2-14-33-55)58-44-21-8-5-18-39(44)53-51(58)26-15-27-52(53)60-50-25-12-11-24-49(50)59-48-23-10-7-20-43(48)56-54(59)60/h1-32,34-35H,33H2. The van der Waals surface area contributed by atoms with Crippen LogP contribution >= 0.6 is 0 Å². The van der Waals surface area contributed by atoms with Crippen LogP contribution in [0.2, 0.25) is 0 Å². The molecule has 8 aromatic carbocycles. The number of hydrogen-bond donors (Lipinski definition) is 0. The van der Waals surface area contributed by atoms with Crippen molar-refractivity contribution >= 4 is 82.8 Å². The fourth-order valence-electron chi connectivity index (χ4n) is 10.8. The second-order valence-corrected chi connectivity index (χ2v) is 16.4. The minimum absolute atomic E-state index is 0.192. The van der Waals surface area contributed by atoms with Crippen molar-refractivity contribution in [1.29, 1.82) is 0 Å². The molecule has 0 saturated heterocycles. The molecule has 1 aliphatic heterocycles. The summed E-state index contributed by atoms with van der Waals surface area (Å²) in [5.41, 5.74) is 16.0. The molecule has 1 aliphatic carbocycles. The van der Waals surface area contributed by atoms with Crippen molar-refractivity contribution in [3.8, 4) is 17.1 Å². The third-order valence-electron chi connectivity index (χ3n) is 13.3. The third-order valence-corrected chi connectivity index (χ3v) is 13.3. The number of aromatic nitrogens is 5. The molecular weight excluding hydrogens is 745 g/mol. The van der Waals surface area contributed by atoms with Gasteiger partial charge in [0.25, 0.3) is 0 Å². The number of anilines is 2. The Morgan fingerprint density at radius 3 is 1.90 bits per heavy atom. The molecular formula is C55H36N6. The molecule has 286 valence electrons. The van der Waals surface area contributed by atoms with E-state index in [-0.39, 0.29) is 5.54 Å². The Kier molecular flexibility index (Phi) is 6.45. The first kappa shape index (κ1) is 32.8. The van der Waals surface area contributed by atoms with Crippen LogP contribution in [0.3, 0.4) is 0 Å². The summed E-state index contributed by atoms with van der Waals surface area (Å²) >= 11 is 0. The first-order valence-electron chi connectivity index (χ1n) is 21.0. The molecule has 5 heterocycles. The summed E-state index contributed by atoms with van der Waals surface area (Å²) in [6.45, 7) is 0. The highest BCUT2D eigenvalue weighted by Crippen LogP contribution is 2.56. The van der Waals surface area contributed by atoms with E-state index in [9.17, 15) is 0 Å². The van der Waals surface area contributed by atoms with Crippen molar-refractivity contribution < 1.29 is 0 Å². The summed E-state index contributed by atoms with van der Waals surface area (Å²) in [6.07, 6.45) is 9.98. The largest absolute Gasteiger partial charge is 0.327 e. The summed E-state index contributed by atoms with van der Waals surface area (Å²) in [6, 6.07) is 66.4. The lowest BCUT2D eigenvalue weighted by atomic mass is 9.73. The van der Waals surface area contributed by atoms with Crippen LogP contribution in [0.25, 0.3) is 88.5 Å². The average Bonchev–Trinajstić information content (AvgIpc) is 4.05. The van der Waals surface area contributed by atoms with E-state index < -0.39 is 0 Å². The number of fused-ring (bicyclic) bond motifs is 13. The highest BCUT2D eigenvalue weighted by Gasteiger charge is 2.48. The normalized spacial score (nSPS) is 16.0. The Hall–Kier alpha value is -8.09. The quantitative estimate of drug-likeness (QED) is 0.178. The predicted molar refractivity (Wildman–Crippen MR) is 251 cm³/mol. The molecule has 4 aromatic heterocycles. The predicted octanol–water partition coefficient (Wildman–Crippen LogP) is 13.5. The van der Waals surface area contributed by atoms with Crippen molar-refractivity contribution in [2.24, 2.45) is 0 Å². The van der Waals surface area contributed by atoms with Crippen LogP contribution in [0.5, 0.6) is 0 Å². The van der Waals surface area contributed by atoms with E-state index in [0.29, 0.717) is 0 Å². The van der Waals surface area contributed by atoms with E-state index in [4.69, 9.17) is 4.98 Å². The SMILES string of the molecule is C1=CCC2(C=C1)c1ccccc1N2c1ccc2c(c1)c1cc(-n3c4ccccc4c4c(-n5c6ccccc6n6c7ccccc7nc56)cccc43)ccc1n2-c1ccccc1. The van der Waals surface area contributed by atoms with E-state index in [1.807, 2.05) is 0 Å². The number of nitrogens with zero attached hydrogens (tertiary/aromatic N) is 6. The molecule has 6 nitrogen and oxygen atoms in total. The van der Waals surface area contributed by atoms with Gasteiger partial charge >= 0.3 is 0 Å². The number of hydrogen-bond acceptors (Lipinski definition) is 2. The number of para-hydroxylation sites is 7. The number of allylic oxidation sites excluding steroid dienone is 2. The van der Waals surface area contributed by atoms with Crippen molar-refractivity contribution in [2.75, 3.05) is 4.90 Å². The number of rotatable bonds is 4. The average molecular weight is 781 g/mol. The molecule has 14 rings (SSSR count). The van der Waals surface area contributed by atoms with Crippen molar-refractivity contribution in [1.82, 2.24) is 23.1 Å². The van der Waals surface area contributed by atoms with Gasteiger partial charge in [0.05, 0.1) is 55.4 Å². The summed E-state index contributed by atoms with van der Waals surface area (Å²) in [4.78, 5) is 7.79. The minimum atomic E-state index is -0.192. The van der Waals surface area contributed by atoms with Crippen LogP contribution < -0.4 is 4.90 Å². The maximum absolute atomic E-state index is 5.25. The van der Waals surface area contributed by atoms with Gasteiger partial charge in [-0.15, -0.1) is 0 Å². The molecule has 1 atom stereocenters. The topological polar surface area (TPSA) is 35.3 Å². The summed E-state index contributed by atoms with van der Waals surface area (Å²) in [7, 11) is 0. The summed E-state index contributed by atoms with van der Waals surface area (Å²) in [5, 5.41) is 4.83. The van der Waals surface area contributed by atoms with Crippen LogP contribution in [0, 0.1) is 0 Å². The Balaban J connectivity index is 1.03. The van der Waals surface area contributed by atoms with Gasteiger partial charge in [-0.25, -0.2) is 4.98 Å². The van der Waals surface area contributed by atoms with Gasteiger partial charge in [0, 0.05) is 49.9 Å². The van der Waals surface area contributed by atoms with Crippen molar-refractivity contribution in [3.63, 3.8) is 0 Å². The molecule has 1 unspecified atom stereocenters. The first-order chi connectivity index (χ1) is 30.3. The molecule has 6 heteroatoms. The van der Waals surface area contributed by atoms with Gasteiger partial charge in [0.2, 0.25) is 5.78 Å². The zero-order valence-electron chi connectivity index (χ0n) is 33.0. The van der Waals surface area contributed by atoms with Gasteiger partial charge in [-0.05, 0) is 103 Å². The fourth-order valence-corrected chi connectivity index (χ4v) is 10.8. The maximum Gasteiger partial charge on any atom is 0.220 e. The zero-order valence-corrected chi connectivity index (χ0v) is 33.0. The van der Waals surface area contributed by atoms with Gasteiger partial charge in [0.15, 0.2) is 0 Å². The third kappa shape index (κ3) is 4.28. The smallest absolute Gasteiger partial charge is 0.220 e. The van der Waals surface area contributed by atoms with E-state index in [1.165, 1.54) is 49.5 Å². The Morgan fingerprint density at radius 1 is 0.426 bits per heavy atom. The second-order valence-electron chi connectivity index (χ2n) is 16.4. The highest BCUT2D eigenvalue weighted by molar-refractivity contribution is 6.15. The molecule has 0 radical (unpaired) electrons. The molecule has 2 aliphatic rings. The van der Waals surface area contributed by atoms with E-state index in [1.54, 1.807) is 0 Å². The van der Waals surface area contributed by atoms with E-state index in [0.717, 1.165) is 62.4 Å². The van der Waals surface area contributed by atoms with Gasteiger partial charge in [0.1, 0.15) is 0 Å². The van der Waals surface area contributed by atoms with Crippen molar-refractivity contribution in [2.45, 2.75) is 12.0 Å². The first-order valence-corrected chi connectivity index (χ1v) is 21.0. The van der Waals surface area contributed by atoms with Crippen LogP contribution in [0.15, 0.2) is 206 Å². The molecule has 1 spiro atoms. The van der Waals surface area contributed by atoms with Crippen LogP contribution in [0.1, 0.15) is 12.0 Å². The van der Waals surface area contributed by atoms with E-state index in [2.05, 4.69) is 229 Å². The zero-order chi connectivity index (χ0) is 39.8. The van der Waals surface area contributed by atoms with Crippen LogP contribution in [-0.2, 0) is 5.54 Å². The maximum atomic E-state index is 5.25. The van der Waals surface area contributed by atoms with Crippen LogP contribution in [0.4, 0.5) is 11.4 Å². The summed E-state index contributed by atoms with van der Waals surface area (Å²) < 4.78 is 9.52. The molecule has 0 fully saturated rings. The minimum Gasteiger partial charge on any atom is -0.327 e. The lowest BCUT2D eigenvalue weighted by Gasteiger charge is -2.54. The van der Waals surface area contributed by atoms with Crippen LogP contribution in [-0.4, -0.2) is 23.1 Å². The Bertz CT molecular complexity index is 3870. The number of imidazole rings is 2. The fraction of sp³-hybridized carbons (Fsp3) is 0.0364. The Labute approximate surface area is 350 Å². The summed E-state index contributed by atoms with van der Waals surface area (Å²) in [5.74, 6) is 0.907. The molecule has 12 aromatic rings. The lowest BCUT2D eigenvalue weighted by Crippen LogP contribution is -2.51. The second kappa shape index (κ2) is 12.0. The van der Waals surface area contributed by atoms with Crippen molar-refractivity contribution in [3.05, 3.63) is 212 Å². The molecule has 61 heavy (non-hydrogen) atoms. The van der Waals surface area contributed by atoms with Gasteiger partial charge < -0.3 is 14.0 Å². The van der Waals surface area contributed by atoms with Gasteiger partial charge in [-0.3, -0.25) is 8.97 Å². The monoisotopic (exact) mass is 780 g/mol. The highest BCUT2D eigenvalue weighted by atomic mass is 15.3. The Morgan fingerprint density at radius 2 is 1.07 bits per heavy atom. The molecule has 0 bridgehead atoms. The van der Waals surface area contributed by atoms with Gasteiger partial charge in [-0.2, -0.15) is 0 Å². The number of benzene rings is 8. The van der Waals surface area contributed by atoms with Gasteiger partial charge in [-0.1, -0.05) is 109 Å². The molecule has 0 N–H and O–H groups in total.